The summed E-state index contributed by atoms with van der Waals surface area (Å²) >= 11 is 0. The van der Waals surface area contributed by atoms with Gasteiger partial charge in [-0.25, -0.2) is 38.5 Å². The molecule has 0 aliphatic carbocycles. The summed E-state index contributed by atoms with van der Waals surface area (Å²) < 4.78 is 46.1. The second-order valence-corrected chi connectivity index (χ2v) is 24.6. The second kappa shape index (κ2) is 31.3. The fourth-order valence-electron chi connectivity index (χ4n) is 9.76. The normalized spacial score (nSPS) is 24.4. The van der Waals surface area contributed by atoms with Crippen molar-refractivity contribution in [3.05, 3.63) is 0 Å². The number of rotatable bonds is 13. The number of nitrogens with zero attached hydrogens (tertiary/aromatic N) is 3. The maximum absolute atomic E-state index is 13.4. The van der Waals surface area contributed by atoms with Crippen LogP contribution in [0, 0.1) is 11.8 Å². The van der Waals surface area contributed by atoms with Crippen LogP contribution in [0.5, 0.6) is 0 Å². The van der Waals surface area contributed by atoms with Crippen LogP contribution in [0.1, 0.15) is 175 Å². The van der Waals surface area contributed by atoms with Crippen LogP contribution >= 0.6 is 0 Å². The van der Waals surface area contributed by atoms with Crippen molar-refractivity contribution < 1.29 is 120 Å². The third kappa shape index (κ3) is 22.7. The molecule has 22 nitrogen and oxygen atoms in total. The summed E-state index contributed by atoms with van der Waals surface area (Å²) in [5, 5.41) is 8.89. The van der Waals surface area contributed by atoms with E-state index in [-0.39, 0.29) is 87.6 Å². The molecule has 0 aromatic heterocycles. The Morgan fingerprint density at radius 2 is 0.937 bits per heavy atom. The SMILES string of the molecule is CC(=O)OOC(C)=O.CC(=O)[O-].COC(=O)C1(CC=O)CC(CCB2OC(C)(C)C(C)(C)O2)CN1C(=O)OC(C)(C)C.COC(=O)C1(CCN2CCCCC2)CC(CCB2OC(C)(C)C(C)(C)O2)CN1C(=O)OC(C)(C)C.[B].[Na+]. The average molecular weight is 1130 g/mol. The summed E-state index contributed by atoms with van der Waals surface area (Å²) in [6.07, 6.45) is 7.31. The number of piperidine rings is 1. The largest absolute Gasteiger partial charge is 1.00 e. The molecule has 3 radical (unpaired) electrons. The second-order valence-electron chi connectivity index (χ2n) is 24.6. The molecule has 5 rings (SSSR count). The van der Waals surface area contributed by atoms with Gasteiger partial charge in [0.2, 0.25) is 0 Å². The first-order chi connectivity index (χ1) is 35.2. The van der Waals surface area contributed by atoms with Crippen LogP contribution in [-0.4, -0.2) is 177 Å². The number of carboxylic acid groups (broad SMARTS) is 1. The van der Waals surface area contributed by atoms with Gasteiger partial charge in [-0.15, -0.1) is 0 Å². The smallest absolute Gasteiger partial charge is 0.550 e. The predicted octanol–water partition coefficient (Wildman–Crippen LogP) is 3.15. The Kier molecular flexibility index (Phi) is 29.9. The molecule has 4 unspecified atom stereocenters. The minimum Gasteiger partial charge on any atom is -0.550 e. The fraction of sp³-hybridized carbons (Fsp3) is 0.849. The number of hydrogen-bond donors (Lipinski definition) is 0. The summed E-state index contributed by atoms with van der Waals surface area (Å²) in [6, 6.07) is 0. The molecule has 26 heteroatoms. The molecule has 5 aliphatic rings. The third-order valence-corrected chi connectivity index (χ3v) is 14.7. The summed E-state index contributed by atoms with van der Waals surface area (Å²) in [5.41, 5.74) is -5.31. The van der Waals surface area contributed by atoms with Gasteiger partial charge in [0, 0.05) is 54.3 Å². The molecule has 0 spiro atoms. The number of ether oxygens (including phenoxy) is 4. The molecule has 5 saturated heterocycles. The van der Waals surface area contributed by atoms with E-state index in [1.54, 1.807) is 25.7 Å². The molecule has 2 amide bonds. The van der Waals surface area contributed by atoms with Crippen molar-refractivity contribution >= 4 is 71.0 Å². The molecule has 0 aromatic carbocycles. The van der Waals surface area contributed by atoms with E-state index in [1.807, 2.05) is 48.5 Å². The van der Waals surface area contributed by atoms with Crippen molar-refractivity contribution in [1.82, 2.24) is 14.7 Å². The van der Waals surface area contributed by atoms with Crippen molar-refractivity contribution in [3.63, 3.8) is 0 Å². The van der Waals surface area contributed by atoms with Crippen molar-refractivity contribution in [3.8, 4) is 0 Å². The quantitative estimate of drug-likeness (QED) is 0.0640. The van der Waals surface area contributed by atoms with Crippen molar-refractivity contribution in [2.45, 2.75) is 233 Å². The Bertz CT molecular complexity index is 1980. The average Bonchev–Trinajstić information content (AvgIpc) is 3.98. The standard InChI is InChI=1S/C26H47BN2O6.C21H36BNO7.C4H6O4.C2H4O2.B.Na/c1-23(2,3)33-22(31)29-19-20(12-14-27-34-24(4,5)25(6,7)35-27)18-26(29,21(30)32-8)13-17-28-15-10-9-11-16-28;1-18(2,3)28-17(26)23-14-15(13-21(23,10-12-24)16(25)27-8)9-11-22-29-19(4,5)20(6,7)30-22;1-3(5)7-8-4(2)6;1-2(3)4;;/h20H,9-19H2,1-8H3;12,15H,9-11,13-14H2,1-8H3;1-2H3;1H3,(H,3,4);;/q;;;;;+1/p-1. The number of likely N-dealkylation sites (tertiary alicyclic amines) is 3. The van der Waals surface area contributed by atoms with Crippen LogP contribution in [-0.2, 0) is 76.1 Å². The molecular formula is C53H92B3N3NaO19. The van der Waals surface area contributed by atoms with E-state index in [1.165, 1.54) is 38.4 Å². The Labute approximate surface area is 495 Å². The molecule has 443 valence electrons. The van der Waals surface area contributed by atoms with E-state index >= 15 is 0 Å². The van der Waals surface area contributed by atoms with Gasteiger partial charge >= 0.3 is 79.9 Å². The number of methoxy groups -OCH3 is 2. The van der Waals surface area contributed by atoms with Crippen LogP contribution in [0.3, 0.4) is 0 Å². The van der Waals surface area contributed by atoms with E-state index in [0.717, 1.165) is 46.8 Å². The molecule has 0 bridgehead atoms. The summed E-state index contributed by atoms with van der Waals surface area (Å²) in [4.78, 5) is 105. The Hall–Kier alpha value is -3.45. The van der Waals surface area contributed by atoms with Gasteiger partial charge in [0.25, 0.3) is 0 Å². The number of carbonyl (C=O) groups is 8. The van der Waals surface area contributed by atoms with Crippen molar-refractivity contribution in [2.75, 3.05) is 46.9 Å². The zero-order valence-electron chi connectivity index (χ0n) is 51.4. The third-order valence-electron chi connectivity index (χ3n) is 14.7. The topological polar surface area (TPSA) is 262 Å². The number of carboxylic acids is 1. The first-order valence-electron chi connectivity index (χ1n) is 26.8. The van der Waals surface area contributed by atoms with E-state index in [9.17, 15) is 33.6 Å². The van der Waals surface area contributed by atoms with Crippen LogP contribution in [0.2, 0.25) is 12.6 Å². The number of hydrogen-bond acceptors (Lipinski definition) is 20. The van der Waals surface area contributed by atoms with E-state index in [0.29, 0.717) is 57.7 Å². The van der Waals surface area contributed by atoms with Gasteiger partial charge in [-0.1, -0.05) is 19.3 Å². The Morgan fingerprint density at radius 1 is 0.608 bits per heavy atom. The van der Waals surface area contributed by atoms with Crippen molar-refractivity contribution in [2.24, 2.45) is 11.8 Å². The first-order valence-corrected chi connectivity index (χ1v) is 26.8. The number of carbonyl (C=O) groups excluding carboxylic acids is 8. The molecule has 5 heterocycles. The zero-order chi connectivity index (χ0) is 59.2. The van der Waals surface area contributed by atoms with E-state index < -0.39 is 69.5 Å². The van der Waals surface area contributed by atoms with Crippen LogP contribution < -0.4 is 34.7 Å². The molecule has 5 aliphatic heterocycles. The molecule has 0 aromatic rings. The summed E-state index contributed by atoms with van der Waals surface area (Å²) in [7, 11) is 2.02. The van der Waals surface area contributed by atoms with Crippen molar-refractivity contribution in [1.29, 1.82) is 0 Å². The predicted molar refractivity (Wildman–Crippen MR) is 288 cm³/mol. The van der Waals surface area contributed by atoms with Crippen LogP contribution in [0.25, 0.3) is 0 Å². The van der Waals surface area contributed by atoms with Gasteiger partial charge in [0.1, 0.15) is 23.0 Å². The first kappa shape index (κ1) is 75.6. The monoisotopic (exact) mass is 1130 g/mol. The maximum atomic E-state index is 13.4. The molecule has 0 N–H and O–H groups in total. The number of aliphatic carboxylic acids is 1. The minimum atomic E-state index is -1.35. The van der Waals surface area contributed by atoms with Gasteiger partial charge in [-0.3, -0.25) is 9.80 Å². The number of esters is 2. The summed E-state index contributed by atoms with van der Waals surface area (Å²) in [6.45, 7) is 33.9. The minimum absolute atomic E-state index is 0. The Balaban J connectivity index is 0.00000126. The van der Waals surface area contributed by atoms with Crippen LogP contribution in [0.4, 0.5) is 9.59 Å². The molecule has 4 atom stereocenters. The van der Waals surface area contributed by atoms with Gasteiger partial charge in [0.15, 0.2) is 5.54 Å². The molecule has 5 fully saturated rings. The summed E-state index contributed by atoms with van der Waals surface area (Å²) in [5.74, 6) is -3.20. The zero-order valence-corrected chi connectivity index (χ0v) is 53.4. The van der Waals surface area contributed by atoms with Gasteiger partial charge < -0.3 is 57.2 Å². The van der Waals surface area contributed by atoms with E-state index in [2.05, 4.69) is 42.4 Å². The molecule has 79 heavy (non-hydrogen) atoms. The number of aldehydes is 1. The van der Waals surface area contributed by atoms with E-state index in [4.69, 9.17) is 47.5 Å². The fourth-order valence-corrected chi connectivity index (χ4v) is 9.76. The van der Waals surface area contributed by atoms with Gasteiger partial charge in [-0.05, 0) is 174 Å². The maximum Gasteiger partial charge on any atom is 1.00 e. The van der Waals surface area contributed by atoms with Gasteiger partial charge in [-0.2, -0.15) is 0 Å². The number of amides is 2. The Morgan fingerprint density at radius 3 is 1.25 bits per heavy atom. The molecular weight excluding hydrogens is 1040 g/mol. The molecule has 0 saturated carbocycles. The van der Waals surface area contributed by atoms with Crippen LogP contribution in [0.15, 0.2) is 0 Å². The van der Waals surface area contributed by atoms with Gasteiger partial charge in [0.05, 0.1) is 36.6 Å².